The van der Waals surface area contributed by atoms with Crippen LogP contribution in [0.5, 0.6) is 11.5 Å². The van der Waals surface area contributed by atoms with Gasteiger partial charge in [0.2, 0.25) is 15.9 Å². The van der Waals surface area contributed by atoms with Crippen LogP contribution in [0.2, 0.25) is 0 Å². The molecule has 2 aromatic carbocycles. The highest BCUT2D eigenvalue weighted by molar-refractivity contribution is 7.89. The molecule has 10 heteroatoms. The molecule has 1 aliphatic rings. The third-order valence-electron chi connectivity index (χ3n) is 7.93. The summed E-state index contributed by atoms with van der Waals surface area (Å²) < 4.78 is 38.6. The maximum Gasteiger partial charge on any atom is 0.243 e. The van der Waals surface area contributed by atoms with Gasteiger partial charge >= 0.3 is 0 Å². The summed E-state index contributed by atoms with van der Waals surface area (Å²) in [5, 5.41) is 6.31. The number of nitrogens with one attached hydrogen (secondary N) is 2. The summed E-state index contributed by atoms with van der Waals surface area (Å²) in [6, 6.07) is 9.67. The maximum atomic E-state index is 13.2. The molecule has 2 N–H and O–H groups in total. The van der Waals surface area contributed by atoms with Crippen LogP contribution in [-0.2, 0) is 14.8 Å². The van der Waals surface area contributed by atoms with Gasteiger partial charge in [0.1, 0.15) is 11.5 Å². The molecule has 1 unspecified atom stereocenters. The van der Waals surface area contributed by atoms with E-state index in [0.717, 1.165) is 44.0 Å². The number of aryl methyl sites for hydroxylation is 2. The van der Waals surface area contributed by atoms with Gasteiger partial charge < -0.3 is 25.0 Å². The number of anilines is 2. The number of hydrogen-bond acceptors (Lipinski definition) is 7. The number of rotatable bonds is 13. The predicted molar refractivity (Wildman–Crippen MR) is 161 cm³/mol. The van der Waals surface area contributed by atoms with Crippen LogP contribution in [0.4, 0.5) is 11.4 Å². The molecule has 1 aliphatic heterocycles. The monoisotopic (exact) mass is 574 g/mol. The average molecular weight is 575 g/mol. The van der Waals surface area contributed by atoms with Crippen molar-refractivity contribution in [3.8, 4) is 11.5 Å². The van der Waals surface area contributed by atoms with E-state index in [1.807, 2.05) is 25.2 Å². The number of nitrogens with zero attached hydrogens (tertiary/aromatic N) is 2. The van der Waals surface area contributed by atoms with E-state index in [4.69, 9.17) is 9.47 Å². The van der Waals surface area contributed by atoms with Crippen LogP contribution in [0, 0.1) is 19.8 Å². The van der Waals surface area contributed by atoms with E-state index in [-0.39, 0.29) is 23.8 Å². The standard InChI is InChI=1S/C30H46N4O5S/c1-8-24(31-4)19-23-11-15-34(16-12-23)27-10-9-25(20-28(27)39-7)32-29(35)13-14-33(5)40(36,37)30-21(2)17-26(38-6)18-22(30)3/h9-10,17-18,20,23-24,31H,8,11-16,19H2,1-7H3,(H,32,35). The SMILES string of the molecule is CCC(CC1CCN(c2ccc(NC(=O)CCN(C)S(=O)(=O)c3c(C)cc(OC)cc3C)cc2OC)CC1)NC. The molecule has 0 aliphatic carbocycles. The number of benzene rings is 2. The van der Waals surface area contributed by atoms with Crippen molar-refractivity contribution >= 4 is 27.3 Å². The fraction of sp³-hybridized carbons (Fsp3) is 0.567. The molecule has 0 aromatic heterocycles. The molecule has 1 fully saturated rings. The lowest BCUT2D eigenvalue weighted by atomic mass is 9.89. The molecule has 222 valence electrons. The molecular weight excluding hydrogens is 528 g/mol. The fourth-order valence-electron chi connectivity index (χ4n) is 5.51. The van der Waals surface area contributed by atoms with Crippen molar-refractivity contribution in [2.75, 3.05) is 58.2 Å². The molecule has 1 amide bonds. The molecular formula is C30H46N4O5S. The number of carbonyl (C=O) groups excluding carboxylic acids is 1. The Kier molecular flexibility index (Phi) is 11.2. The Morgan fingerprint density at radius 1 is 1.10 bits per heavy atom. The number of hydrogen-bond donors (Lipinski definition) is 2. The first-order valence-electron chi connectivity index (χ1n) is 14.1. The molecule has 0 bridgehead atoms. The highest BCUT2D eigenvalue weighted by atomic mass is 32.2. The normalized spacial score (nSPS) is 15.2. The van der Waals surface area contributed by atoms with Gasteiger partial charge in [-0.15, -0.1) is 0 Å². The smallest absolute Gasteiger partial charge is 0.243 e. The molecule has 1 heterocycles. The Labute approximate surface area is 240 Å². The quantitative estimate of drug-likeness (QED) is 0.361. The first kappa shape index (κ1) is 31.7. The Morgan fingerprint density at radius 2 is 1.75 bits per heavy atom. The van der Waals surface area contributed by atoms with Gasteiger partial charge in [-0.3, -0.25) is 4.79 Å². The molecule has 0 saturated carbocycles. The lowest BCUT2D eigenvalue weighted by Crippen LogP contribution is -2.36. The van der Waals surface area contributed by atoms with Gasteiger partial charge in [-0.05, 0) is 87.9 Å². The second-order valence-corrected chi connectivity index (χ2v) is 12.6. The van der Waals surface area contributed by atoms with Gasteiger partial charge in [0, 0.05) is 50.9 Å². The molecule has 1 atom stereocenters. The second kappa shape index (κ2) is 14.2. The highest BCUT2D eigenvalue weighted by Crippen LogP contribution is 2.35. The lowest BCUT2D eigenvalue weighted by molar-refractivity contribution is -0.116. The van der Waals surface area contributed by atoms with Crippen molar-refractivity contribution in [1.82, 2.24) is 9.62 Å². The van der Waals surface area contributed by atoms with E-state index >= 15 is 0 Å². The fourth-order valence-corrected chi connectivity index (χ4v) is 7.09. The van der Waals surface area contributed by atoms with Crippen molar-refractivity contribution in [1.29, 1.82) is 0 Å². The van der Waals surface area contributed by atoms with Crippen molar-refractivity contribution < 1.29 is 22.7 Å². The number of carbonyl (C=O) groups is 1. The van der Waals surface area contributed by atoms with E-state index in [2.05, 4.69) is 22.5 Å². The van der Waals surface area contributed by atoms with Crippen LogP contribution < -0.4 is 25.0 Å². The third-order valence-corrected chi connectivity index (χ3v) is 10.1. The first-order chi connectivity index (χ1) is 19.0. The van der Waals surface area contributed by atoms with Crippen LogP contribution in [0.15, 0.2) is 35.2 Å². The summed E-state index contributed by atoms with van der Waals surface area (Å²) in [7, 11) is 2.95. The number of ether oxygens (including phenoxy) is 2. The summed E-state index contributed by atoms with van der Waals surface area (Å²) in [6.45, 7) is 7.71. The van der Waals surface area contributed by atoms with Gasteiger partial charge in [0.15, 0.2) is 0 Å². The Hall–Kier alpha value is -2.82. The largest absolute Gasteiger partial charge is 0.497 e. The van der Waals surface area contributed by atoms with Gasteiger partial charge in [-0.2, -0.15) is 0 Å². The van der Waals surface area contributed by atoms with E-state index < -0.39 is 10.0 Å². The van der Waals surface area contributed by atoms with Crippen molar-refractivity contribution in [3.63, 3.8) is 0 Å². The Morgan fingerprint density at radius 3 is 2.30 bits per heavy atom. The molecule has 0 radical (unpaired) electrons. The Bertz CT molecular complexity index is 1230. The highest BCUT2D eigenvalue weighted by Gasteiger charge is 2.26. The third kappa shape index (κ3) is 7.67. The van der Waals surface area contributed by atoms with E-state index in [1.165, 1.54) is 17.8 Å². The average Bonchev–Trinajstić information content (AvgIpc) is 2.94. The van der Waals surface area contributed by atoms with E-state index in [9.17, 15) is 13.2 Å². The summed E-state index contributed by atoms with van der Waals surface area (Å²) in [6.07, 6.45) is 4.66. The van der Waals surface area contributed by atoms with Gasteiger partial charge in [-0.25, -0.2) is 12.7 Å². The zero-order valence-electron chi connectivity index (χ0n) is 25.0. The van der Waals surface area contributed by atoms with Gasteiger partial charge in [0.05, 0.1) is 24.8 Å². The van der Waals surface area contributed by atoms with Crippen LogP contribution in [0.3, 0.4) is 0 Å². The predicted octanol–water partition coefficient (Wildman–Crippen LogP) is 4.57. The minimum Gasteiger partial charge on any atom is -0.497 e. The summed E-state index contributed by atoms with van der Waals surface area (Å²) in [5.41, 5.74) is 2.85. The van der Waals surface area contributed by atoms with Crippen molar-refractivity contribution in [3.05, 3.63) is 41.5 Å². The second-order valence-electron chi connectivity index (χ2n) is 10.7. The van der Waals surface area contributed by atoms with Crippen LogP contribution in [0.1, 0.15) is 50.2 Å². The Balaban J connectivity index is 1.59. The number of methoxy groups -OCH3 is 2. The summed E-state index contributed by atoms with van der Waals surface area (Å²) in [4.78, 5) is 15.3. The summed E-state index contributed by atoms with van der Waals surface area (Å²) >= 11 is 0. The topological polar surface area (TPSA) is 100 Å². The minimum atomic E-state index is -3.77. The first-order valence-corrected chi connectivity index (χ1v) is 15.5. The molecule has 9 nitrogen and oxygen atoms in total. The van der Waals surface area contributed by atoms with E-state index in [1.54, 1.807) is 40.2 Å². The number of amides is 1. The van der Waals surface area contributed by atoms with Crippen LogP contribution in [-0.4, -0.2) is 72.6 Å². The minimum absolute atomic E-state index is 0.0208. The number of sulfonamides is 1. The molecule has 3 rings (SSSR count). The maximum absolute atomic E-state index is 13.2. The van der Waals surface area contributed by atoms with Crippen molar-refractivity contribution in [2.45, 2.75) is 63.8 Å². The van der Waals surface area contributed by atoms with Gasteiger partial charge in [0.25, 0.3) is 0 Å². The van der Waals surface area contributed by atoms with Crippen molar-refractivity contribution in [2.24, 2.45) is 5.92 Å². The summed E-state index contributed by atoms with van der Waals surface area (Å²) in [5.74, 6) is 1.77. The van der Waals surface area contributed by atoms with E-state index in [0.29, 0.717) is 34.4 Å². The molecule has 40 heavy (non-hydrogen) atoms. The molecule has 0 spiro atoms. The lowest BCUT2D eigenvalue weighted by Gasteiger charge is -2.35. The zero-order chi connectivity index (χ0) is 29.4. The zero-order valence-corrected chi connectivity index (χ0v) is 25.9. The molecule has 1 saturated heterocycles. The molecule has 2 aromatic rings. The van der Waals surface area contributed by atoms with Crippen LogP contribution >= 0.6 is 0 Å². The van der Waals surface area contributed by atoms with Crippen LogP contribution in [0.25, 0.3) is 0 Å². The number of piperidine rings is 1. The van der Waals surface area contributed by atoms with Gasteiger partial charge in [-0.1, -0.05) is 6.92 Å².